The highest BCUT2D eigenvalue weighted by Gasteiger charge is 2.37. The third-order valence-electron chi connectivity index (χ3n) is 7.65. The molecule has 1 fully saturated rings. The first-order valence-corrected chi connectivity index (χ1v) is 14.4. The van der Waals surface area contributed by atoms with E-state index in [9.17, 15) is 4.79 Å². The Balaban J connectivity index is 1.44. The molecule has 6 rings (SSSR count). The van der Waals surface area contributed by atoms with Crippen molar-refractivity contribution in [2.24, 2.45) is 0 Å². The number of hydrogen-bond acceptors (Lipinski definition) is 7. The van der Waals surface area contributed by atoms with Gasteiger partial charge in [-0.05, 0) is 57.0 Å². The number of aromatic nitrogens is 5. The summed E-state index contributed by atoms with van der Waals surface area (Å²) in [4.78, 5) is 19.4. The van der Waals surface area contributed by atoms with Crippen molar-refractivity contribution in [1.29, 1.82) is 0 Å². The van der Waals surface area contributed by atoms with Crippen molar-refractivity contribution in [3.63, 3.8) is 0 Å². The molecular formula is C33H35FN6O4. The molecule has 1 atom stereocenters. The quantitative estimate of drug-likeness (QED) is 0.208. The molecule has 10 nitrogen and oxygen atoms in total. The fourth-order valence-corrected chi connectivity index (χ4v) is 5.28. The van der Waals surface area contributed by atoms with Crippen LogP contribution in [0.3, 0.4) is 0 Å². The van der Waals surface area contributed by atoms with Crippen LogP contribution >= 0.6 is 0 Å². The zero-order valence-corrected chi connectivity index (χ0v) is 25.7. The molecule has 0 saturated carbocycles. The maximum absolute atomic E-state index is 15.3. The molecule has 1 unspecified atom stereocenters. The molecule has 44 heavy (non-hydrogen) atoms. The molecule has 1 aliphatic heterocycles. The summed E-state index contributed by atoms with van der Waals surface area (Å²) >= 11 is 0. The molecule has 228 valence electrons. The van der Waals surface area contributed by atoms with Gasteiger partial charge in [-0.3, -0.25) is 9.58 Å². The van der Waals surface area contributed by atoms with Crippen LogP contribution < -0.4 is 9.47 Å². The highest BCUT2D eigenvalue weighted by molar-refractivity contribution is 5.93. The van der Waals surface area contributed by atoms with E-state index in [4.69, 9.17) is 24.3 Å². The smallest absolute Gasteiger partial charge is 0.412 e. The van der Waals surface area contributed by atoms with E-state index in [1.54, 1.807) is 55.1 Å². The predicted octanol–water partition coefficient (Wildman–Crippen LogP) is 6.61. The summed E-state index contributed by atoms with van der Waals surface area (Å²) < 4.78 is 35.6. The molecule has 0 radical (unpaired) electrons. The van der Waals surface area contributed by atoms with Crippen molar-refractivity contribution in [2.75, 3.05) is 20.8 Å². The van der Waals surface area contributed by atoms with E-state index in [2.05, 4.69) is 5.10 Å². The summed E-state index contributed by atoms with van der Waals surface area (Å²) in [5, 5.41) is 9.58. The lowest BCUT2D eigenvalue weighted by Gasteiger charge is -2.41. The standard InChI is InChI=1S/C33H35FN6O4/c1-20-8-7-9-24(28(20)34)30-26(43-6)16-25-31(36-30)29(37-39(25)18-21-10-12-23(42-5)13-11-21)22-17-35-40(19-22)27-14-15-38(27)32(41)44-33(2,3)4/h7-13,16-17,19,27H,14-15,18H2,1-6H3. The number of likely N-dealkylation sites (tertiary alicyclic amines) is 1. The fourth-order valence-electron chi connectivity index (χ4n) is 5.28. The van der Waals surface area contributed by atoms with Gasteiger partial charge in [0.05, 0.1) is 32.5 Å². The molecular weight excluding hydrogens is 563 g/mol. The SMILES string of the molecule is COc1ccc(Cn2nc(-c3cnn(C4CCN4C(=O)OC(C)(C)C)c3)c3nc(-c4cccc(C)c4F)c(OC)cc32)cc1. The largest absolute Gasteiger partial charge is 0.497 e. The lowest BCUT2D eigenvalue weighted by atomic mass is 10.1. The predicted molar refractivity (Wildman–Crippen MR) is 164 cm³/mol. The lowest BCUT2D eigenvalue weighted by Crippen LogP contribution is -2.49. The molecule has 1 saturated heterocycles. The zero-order chi connectivity index (χ0) is 31.2. The van der Waals surface area contributed by atoms with Gasteiger partial charge in [0.2, 0.25) is 0 Å². The second-order valence-corrected chi connectivity index (χ2v) is 11.8. The van der Waals surface area contributed by atoms with E-state index >= 15 is 4.39 Å². The molecule has 11 heteroatoms. The molecule has 0 bridgehead atoms. The number of carbonyl (C=O) groups is 1. The maximum Gasteiger partial charge on any atom is 0.412 e. The number of ether oxygens (including phenoxy) is 3. The number of amides is 1. The van der Waals surface area contributed by atoms with Crippen LogP contribution in [0, 0.1) is 12.7 Å². The molecule has 1 amide bonds. The van der Waals surface area contributed by atoms with Crippen LogP contribution in [0.5, 0.6) is 11.5 Å². The third kappa shape index (κ3) is 5.45. The maximum atomic E-state index is 15.3. The first kappa shape index (κ1) is 29.2. The Hall–Kier alpha value is -4.93. The number of halogens is 1. The van der Waals surface area contributed by atoms with Crippen LogP contribution in [0.2, 0.25) is 0 Å². The monoisotopic (exact) mass is 598 g/mol. The van der Waals surface area contributed by atoms with Crippen LogP contribution in [0.15, 0.2) is 60.9 Å². The summed E-state index contributed by atoms with van der Waals surface area (Å²) in [7, 11) is 3.18. The lowest BCUT2D eigenvalue weighted by molar-refractivity contribution is -0.0256. The topological polar surface area (TPSA) is 96.5 Å². The molecule has 4 heterocycles. The molecule has 0 aliphatic carbocycles. The normalized spacial score (nSPS) is 14.9. The minimum Gasteiger partial charge on any atom is -0.497 e. The third-order valence-corrected chi connectivity index (χ3v) is 7.65. The van der Waals surface area contributed by atoms with Gasteiger partial charge in [-0.25, -0.2) is 18.9 Å². The van der Waals surface area contributed by atoms with E-state index in [0.717, 1.165) is 23.3 Å². The molecule has 0 N–H and O–H groups in total. The number of aryl methyl sites for hydroxylation is 1. The number of carbonyl (C=O) groups excluding carboxylic acids is 1. The average molecular weight is 599 g/mol. The summed E-state index contributed by atoms with van der Waals surface area (Å²) in [5.41, 5.74) is 4.25. The van der Waals surface area contributed by atoms with Gasteiger partial charge in [0.25, 0.3) is 0 Å². The Bertz CT molecular complexity index is 1840. The summed E-state index contributed by atoms with van der Waals surface area (Å²) in [6, 6.07) is 14.8. The minimum atomic E-state index is -0.594. The van der Waals surface area contributed by atoms with Gasteiger partial charge in [-0.15, -0.1) is 0 Å². The van der Waals surface area contributed by atoms with Crippen molar-refractivity contribution in [3.8, 4) is 34.0 Å². The van der Waals surface area contributed by atoms with E-state index in [0.29, 0.717) is 52.4 Å². The molecule has 0 spiro atoms. The highest BCUT2D eigenvalue weighted by atomic mass is 19.1. The second kappa shape index (κ2) is 11.3. The van der Waals surface area contributed by atoms with Gasteiger partial charge in [-0.1, -0.05) is 24.3 Å². The van der Waals surface area contributed by atoms with Crippen LogP contribution in [0.25, 0.3) is 33.5 Å². The number of benzene rings is 2. The molecule has 2 aromatic carbocycles. The first-order chi connectivity index (χ1) is 21.1. The van der Waals surface area contributed by atoms with Crippen molar-refractivity contribution in [3.05, 3.63) is 77.9 Å². The van der Waals surface area contributed by atoms with Crippen LogP contribution in [-0.2, 0) is 11.3 Å². The van der Waals surface area contributed by atoms with Crippen molar-refractivity contribution >= 4 is 17.1 Å². The van der Waals surface area contributed by atoms with Crippen molar-refractivity contribution < 1.29 is 23.4 Å². The number of fused-ring (bicyclic) bond motifs is 1. The van der Waals surface area contributed by atoms with E-state index in [-0.39, 0.29) is 18.1 Å². The first-order valence-electron chi connectivity index (χ1n) is 14.4. The van der Waals surface area contributed by atoms with Gasteiger partial charge in [0, 0.05) is 36.4 Å². The van der Waals surface area contributed by atoms with E-state index in [1.165, 1.54) is 0 Å². The van der Waals surface area contributed by atoms with Crippen LogP contribution in [0.1, 0.15) is 44.5 Å². The van der Waals surface area contributed by atoms with Gasteiger partial charge in [0.1, 0.15) is 46.0 Å². The number of rotatable bonds is 7. The van der Waals surface area contributed by atoms with Crippen molar-refractivity contribution in [1.82, 2.24) is 29.4 Å². The Morgan fingerprint density at radius 2 is 1.84 bits per heavy atom. The summed E-state index contributed by atoms with van der Waals surface area (Å²) in [6.07, 6.45) is 3.68. The highest BCUT2D eigenvalue weighted by Crippen LogP contribution is 2.38. The number of hydrogen-bond donors (Lipinski definition) is 0. The van der Waals surface area contributed by atoms with Crippen molar-refractivity contribution in [2.45, 2.75) is 52.4 Å². The average Bonchev–Trinajstić information content (AvgIpc) is 3.57. The summed E-state index contributed by atoms with van der Waals surface area (Å²) in [6.45, 7) is 8.29. The van der Waals surface area contributed by atoms with Gasteiger partial charge in [-0.2, -0.15) is 10.2 Å². The molecule has 1 aliphatic rings. The second-order valence-electron chi connectivity index (χ2n) is 11.8. The van der Waals surface area contributed by atoms with Gasteiger partial charge < -0.3 is 14.2 Å². The Labute approximate surface area is 255 Å². The Morgan fingerprint density at radius 3 is 2.50 bits per heavy atom. The van der Waals surface area contributed by atoms with Gasteiger partial charge in [0.15, 0.2) is 0 Å². The zero-order valence-electron chi connectivity index (χ0n) is 25.7. The fraction of sp³-hybridized carbons (Fsp3) is 0.333. The number of pyridine rings is 1. The van der Waals surface area contributed by atoms with E-state index in [1.807, 2.05) is 62.0 Å². The Kier molecular flexibility index (Phi) is 7.48. The summed E-state index contributed by atoms with van der Waals surface area (Å²) in [5.74, 6) is 0.837. The Morgan fingerprint density at radius 1 is 1.07 bits per heavy atom. The number of nitrogens with zero attached hydrogens (tertiary/aromatic N) is 6. The minimum absolute atomic E-state index is 0.267. The van der Waals surface area contributed by atoms with Crippen LogP contribution in [-0.4, -0.2) is 61.9 Å². The van der Waals surface area contributed by atoms with Gasteiger partial charge >= 0.3 is 6.09 Å². The molecule has 5 aromatic rings. The van der Waals surface area contributed by atoms with Crippen LogP contribution in [0.4, 0.5) is 9.18 Å². The number of methoxy groups -OCH3 is 2. The molecule has 3 aromatic heterocycles. The van der Waals surface area contributed by atoms with E-state index < -0.39 is 5.60 Å².